The molecule has 3 N–H and O–H groups in total. The largest absolute Gasteiger partial charge is 0.449 e. The van der Waals surface area contributed by atoms with E-state index in [0.29, 0.717) is 5.69 Å². The third kappa shape index (κ3) is 4.54. The van der Waals surface area contributed by atoms with Crippen LogP contribution < -0.4 is 11.1 Å². The summed E-state index contributed by atoms with van der Waals surface area (Å²) in [4.78, 5) is 34.4. The number of aryl methyl sites for hydroxylation is 1. The Hall–Kier alpha value is -3.42. The first-order valence-corrected chi connectivity index (χ1v) is 7.40. The minimum absolute atomic E-state index is 0.0592. The third-order valence-corrected chi connectivity index (χ3v) is 3.40. The van der Waals surface area contributed by atoms with Gasteiger partial charge in [0.15, 0.2) is 6.10 Å². The summed E-state index contributed by atoms with van der Waals surface area (Å²) in [5, 5.41) is 13.5. The standard InChI is InChI=1S/C17H17N3O5/c1-10-4-3-5-13(8-10)19-16(21)11(2)25-17(22)12-6-7-14(18)15(9-12)20(23)24/h3-9,11H,18H2,1-2H3,(H,19,21)/t11-/m0/s1. The summed E-state index contributed by atoms with van der Waals surface area (Å²) in [6, 6.07) is 10.7. The van der Waals surface area contributed by atoms with E-state index in [1.54, 1.807) is 18.2 Å². The predicted molar refractivity (Wildman–Crippen MR) is 92.2 cm³/mol. The van der Waals surface area contributed by atoms with Gasteiger partial charge in [-0.25, -0.2) is 4.79 Å². The second-order valence-corrected chi connectivity index (χ2v) is 5.44. The van der Waals surface area contributed by atoms with Crippen LogP contribution in [0.2, 0.25) is 0 Å². The summed E-state index contributed by atoms with van der Waals surface area (Å²) < 4.78 is 5.06. The minimum atomic E-state index is -1.08. The zero-order valence-electron chi connectivity index (χ0n) is 13.7. The molecule has 2 aromatic rings. The number of nitrogens with one attached hydrogen (secondary N) is 1. The van der Waals surface area contributed by atoms with E-state index in [9.17, 15) is 19.7 Å². The maximum atomic E-state index is 12.1. The normalized spacial score (nSPS) is 11.4. The number of nitrogen functional groups attached to an aromatic ring is 1. The lowest BCUT2D eigenvalue weighted by Gasteiger charge is -2.14. The quantitative estimate of drug-likeness (QED) is 0.372. The van der Waals surface area contributed by atoms with Gasteiger partial charge in [-0.3, -0.25) is 14.9 Å². The summed E-state index contributed by atoms with van der Waals surface area (Å²) in [7, 11) is 0. The van der Waals surface area contributed by atoms with Gasteiger partial charge < -0.3 is 15.8 Å². The maximum Gasteiger partial charge on any atom is 0.339 e. The van der Waals surface area contributed by atoms with E-state index >= 15 is 0 Å². The van der Waals surface area contributed by atoms with Gasteiger partial charge in [0.05, 0.1) is 10.5 Å². The molecular formula is C17H17N3O5. The average Bonchev–Trinajstić information content (AvgIpc) is 2.54. The first-order chi connectivity index (χ1) is 11.8. The number of hydrogen-bond donors (Lipinski definition) is 2. The van der Waals surface area contributed by atoms with E-state index in [1.165, 1.54) is 19.1 Å². The molecule has 0 saturated heterocycles. The summed E-state index contributed by atoms with van der Waals surface area (Å²) in [6.07, 6.45) is -1.08. The van der Waals surface area contributed by atoms with Crippen LogP contribution >= 0.6 is 0 Å². The highest BCUT2D eigenvalue weighted by atomic mass is 16.6. The summed E-state index contributed by atoms with van der Waals surface area (Å²) in [5.41, 5.74) is 6.51. The molecule has 0 radical (unpaired) electrons. The van der Waals surface area contributed by atoms with Gasteiger partial charge in [-0.1, -0.05) is 12.1 Å². The second kappa shape index (κ2) is 7.43. The molecule has 130 valence electrons. The number of nitro benzene ring substituents is 1. The third-order valence-electron chi connectivity index (χ3n) is 3.40. The highest BCUT2D eigenvalue weighted by molar-refractivity contribution is 5.97. The number of hydrogen-bond acceptors (Lipinski definition) is 6. The van der Waals surface area contributed by atoms with Crippen LogP contribution in [-0.4, -0.2) is 22.9 Å². The van der Waals surface area contributed by atoms with Crippen molar-refractivity contribution in [2.24, 2.45) is 0 Å². The Bertz CT molecular complexity index is 835. The van der Waals surface area contributed by atoms with Crippen LogP contribution in [0.15, 0.2) is 42.5 Å². The van der Waals surface area contributed by atoms with Crippen LogP contribution in [0.4, 0.5) is 17.1 Å². The highest BCUT2D eigenvalue weighted by Crippen LogP contribution is 2.23. The van der Waals surface area contributed by atoms with E-state index in [2.05, 4.69) is 5.32 Å². The molecule has 25 heavy (non-hydrogen) atoms. The molecule has 2 rings (SSSR count). The molecule has 0 saturated carbocycles. The number of nitrogens with two attached hydrogens (primary N) is 1. The fourth-order valence-corrected chi connectivity index (χ4v) is 2.08. The zero-order valence-corrected chi connectivity index (χ0v) is 13.7. The van der Waals surface area contributed by atoms with Crippen molar-refractivity contribution in [1.29, 1.82) is 0 Å². The Morgan fingerprint density at radius 2 is 1.96 bits per heavy atom. The number of nitro groups is 1. The van der Waals surface area contributed by atoms with Crippen molar-refractivity contribution in [3.63, 3.8) is 0 Å². The highest BCUT2D eigenvalue weighted by Gasteiger charge is 2.21. The number of anilines is 2. The Morgan fingerprint density at radius 1 is 1.24 bits per heavy atom. The first-order valence-electron chi connectivity index (χ1n) is 7.40. The van der Waals surface area contributed by atoms with E-state index in [0.717, 1.165) is 11.6 Å². The zero-order chi connectivity index (χ0) is 18.6. The van der Waals surface area contributed by atoms with Crippen molar-refractivity contribution in [2.45, 2.75) is 20.0 Å². The fraction of sp³-hybridized carbons (Fsp3) is 0.176. The van der Waals surface area contributed by atoms with Crippen LogP contribution in [0.1, 0.15) is 22.8 Å². The van der Waals surface area contributed by atoms with Crippen molar-refractivity contribution in [3.05, 3.63) is 63.7 Å². The molecule has 8 heteroatoms. The van der Waals surface area contributed by atoms with Gasteiger partial charge >= 0.3 is 5.97 Å². The number of esters is 1. The van der Waals surface area contributed by atoms with Crippen LogP contribution in [0.3, 0.4) is 0 Å². The minimum Gasteiger partial charge on any atom is -0.449 e. The Balaban J connectivity index is 2.05. The lowest BCUT2D eigenvalue weighted by Crippen LogP contribution is -2.30. The van der Waals surface area contributed by atoms with E-state index in [4.69, 9.17) is 10.5 Å². The summed E-state index contributed by atoms with van der Waals surface area (Å²) in [6.45, 7) is 3.29. The Kier molecular flexibility index (Phi) is 5.33. The molecule has 0 aliphatic heterocycles. The van der Waals surface area contributed by atoms with Crippen LogP contribution in [-0.2, 0) is 9.53 Å². The molecule has 0 heterocycles. The van der Waals surface area contributed by atoms with Gasteiger partial charge in [0.25, 0.3) is 11.6 Å². The number of carbonyl (C=O) groups excluding carboxylic acids is 2. The van der Waals surface area contributed by atoms with E-state index < -0.39 is 28.6 Å². The van der Waals surface area contributed by atoms with E-state index in [-0.39, 0.29) is 11.3 Å². The van der Waals surface area contributed by atoms with Gasteiger partial charge in [0.2, 0.25) is 0 Å². The molecular weight excluding hydrogens is 326 g/mol. The number of carbonyl (C=O) groups is 2. The number of nitrogens with zero attached hydrogens (tertiary/aromatic N) is 1. The van der Waals surface area contributed by atoms with E-state index in [1.807, 2.05) is 13.0 Å². The molecule has 0 unspecified atom stereocenters. The molecule has 0 bridgehead atoms. The molecule has 0 aromatic heterocycles. The van der Waals surface area contributed by atoms with Crippen molar-refractivity contribution < 1.29 is 19.2 Å². The van der Waals surface area contributed by atoms with Crippen molar-refractivity contribution in [3.8, 4) is 0 Å². The van der Waals surface area contributed by atoms with Gasteiger partial charge in [0.1, 0.15) is 5.69 Å². The molecule has 2 aromatic carbocycles. The average molecular weight is 343 g/mol. The fourth-order valence-electron chi connectivity index (χ4n) is 2.08. The summed E-state index contributed by atoms with van der Waals surface area (Å²) in [5.74, 6) is -1.36. The van der Waals surface area contributed by atoms with Crippen molar-refractivity contribution >= 4 is 28.9 Å². The topological polar surface area (TPSA) is 125 Å². The molecule has 1 atom stereocenters. The molecule has 0 spiro atoms. The molecule has 8 nitrogen and oxygen atoms in total. The van der Waals surface area contributed by atoms with Gasteiger partial charge in [-0.15, -0.1) is 0 Å². The predicted octanol–water partition coefficient (Wildman–Crippen LogP) is 2.67. The molecule has 0 aliphatic carbocycles. The second-order valence-electron chi connectivity index (χ2n) is 5.44. The first kappa shape index (κ1) is 17.9. The molecule has 0 aliphatic rings. The molecule has 1 amide bonds. The van der Waals surface area contributed by atoms with Crippen LogP contribution in [0, 0.1) is 17.0 Å². The van der Waals surface area contributed by atoms with Crippen LogP contribution in [0.25, 0.3) is 0 Å². The lowest BCUT2D eigenvalue weighted by atomic mass is 10.2. The Labute approximate surface area is 143 Å². The number of ether oxygens (including phenoxy) is 1. The number of rotatable bonds is 5. The summed E-state index contributed by atoms with van der Waals surface area (Å²) >= 11 is 0. The smallest absolute Gasteiger partial charge is 0.339 e. The van der Waals surface area contributed by atoms with Crippen molar-refractivity contribution in [2.75, 3.05) is 11.1 Å². The maximum absolute atomic E-state index is 12.1. The number of benzene rings is 2. The van der Waals surface area contributed by atoms with Crippen LogP contribution in [0.5, 0.6) is 0 Å². The monoisotopic (exact) mass is 343 g/mol. The number of amides is 1. The van der Waals surface area contributed by atoms with Gasteiger partial charge in [-0.2, -0.15) is 0 Å². The lowest BCUT2D eigenvalue weighted by molar-refractivity contribution is -0.383. The van der Waals surface area contributed by atoms with Gasteiger partial charge in [0, 0.05) is 11.8 Å². The Morgan fingerprint density at radius 3 is 2.60 bits per heavy atom. The SMILES string of the molecule is Cc1cccc(NC(=O)[C@H](C)OC(=O)c2ccc(N)c([N+](=O)[O-])c2)c1. The molecule has 0 fully saturated rings. The van der Waals surface area contributed by atoms with Gasteiger partial charge in [-0.05, 0) is 43.7 Å². The van der Waals surface area contributed by atoms with Crippen molar-refractivity contribution in [1.82, 2.24) is 0 Å².